The summed E-state index contributed by atoms with van der Waals surface area (Å²) in [7, 11) is 1.56. The molecule has 0 bridgehead atoms. The summed E-state index contributed by atoms with van der Waals surface area (Å²) in [6.07, 6.45) is 3.49. The van der Waals surface area contributed by atoms with Crippen LogP contribution in [0.2, 0.25) is 0 Å². The number of ether oxygens (including phenoxy) is 2. The van der Waals surface area contributed by atoms with Gasteiger partial charge in [0.25, 0.3) is 17.7 Å². The Bertz CT molecular complexity index is 1060. The summed E-state index contributed by atoms with van der Waals surface area (Å²) in [5.74, 6) is -1.60. The minimum absolute atomic E-state index is 0.222. The molecular formula is C24H24N2O6. The predicted molar refractivity (Wildman–Crippen MR) is 118 cm³/mol. The summed E-state index contributed by atoms with van der Waals surface area (Å²) < 4.78 is 9.80. The predicted octanol–water partition coefficient (Wildman–Crippen LogP) is 3.15. The molecule has 0 saturated carbocycles. The normalized spacial score (nSPS) is 12.9. The Morgan fingerprint density at radius 3 is 2.44 bits per heavy atom. The van der Waals surface area contributed by atoms with Crippen molar-refractivity contribution in [2.24, 2.45) is 0 Å². The van der Waals surface area contributed by atoms with Gasteiger partial charge in [0.15, 0.2) is 0 Å². The molecule has 3 amide bonds. The van der Waals surface area contributed by atoms with E-state index in [0.717, 1.165) is 5.56 Å². The van der Waals surface area contributed by atoms with Crippen LogP contribution in [0.4, 0.5) is 5.69 Å². The van der Waals surface area contributed by atoms with Gasteiger partial charge in [0.2, 0.25) is 0 Å². The van der Waals surface area contributed by atoms with E-state index in [1.54, 1.807) is 44.4 Å². The van der Waals surface area contributed by atoms with Gasteiger partial charge < -0.3 is 14.8 Å². The lowest BCUT2D eigenvalue weighted by molar-refractivity contribution is -0.137. The third-order valence-corrected chi connectivity index (χ3v) is 4.83. The lowest BCUT2D eigenvalue weighted by Gasteiger charge is -2.12. The maximum Gasteiger partial charge on any atom is 0.330 e. The van der Waals surface area contributed by atoms with Crippen LogP contribution in [-0.4, -0.2) is 55.5 Å². The molecule has 2 aromatic carbocycles. The fraction of sp³-hybridized carbons (Fsp3) is 0.250. The van der Waals surface area contributed by atoms with E-state index in [9.17, 15) is 19.2 Å². The van der Waals surface area contributed by atoms with Crippen LogP contribution in [0.3, 0.4) is 0 Å². The Hall–Kier alpha value is -3.78. The number of hydrogen-bond donors (Lipinski definition) is 1. The fourth-order valence-corrected chi connectivity index (χ4v) is 3.24. The Labute approximate surface area is 185 Å². The number of imide groups is 1. The fourth-order valence-electron chi connectivity index (χ4n) is 3.24. The van der Waals surface area contributed by atoms with Gasteiger partial charge in [0.05, 0.1) is 17.7 Å². The molecule has 8 heteroatoms. The van der Waals surface area contributed by atoms with Crippen LogP contribution >= 0.6 is 0 Å². The average Bonchev–Trinajstić information content (AvgIpc) is 3.03. The highest BCUT2D eigenvalue weighted by molar-refractivity contribution is 6.22. The molecule has 0 unspecified atom stereocenters. The molecule has 1 heterocycles. The zero-order valence-corrected chi connectivity index (χ0v) is 17.9. The standard InChI is InChI=1S/C24H24N2O6/c1-3-32-21(27)12-7-16-5-9-18(10-6-16)25-22(28)17-8-11-19-20(15-17)24(30)26(23(19)29)13-4-14-31-2/h5-12,15H,3-4,13-14H2,1-2H3,(H,25,28)/b12-7+. The van der Waals surface area contributed by atoms with Crippen molar-refractivity contribution in [3.8, 4) is 0 Å². The summed E-state index contributed by atoms with van der Waals surface area (Å²) in [4.78, 5) is 50.3. The second-order valence-electron chi connectivity index (χ2n) is 7.03. The van der Waals surface area contributed by atoms with Crippen LogP contribution in [0, 0.1) is 0 Å². The van der Waals surface area contributed by atoms with E-state index >= 15 is 0 Å². The number of methoxy groups -OCH3 is 1. The highest BCUT2D eigenvalue weighted by Gasteiger charge is 2.35. The van der Waals surface area contributed by atoms with Crippen molar-refractivity contribution >= 4 is 35.5 Å². The monoisotopic (exact) mass is 436 g/mol. The number of rotatable bonds is 9. The van der Waals surface area contributed by atoms with Gasteiger partial charge in [0, 0.05) is 37.6 Å². The van der Waals surface area contributed by atoms with Crippen LogP contribution in [-0.2, 0) is 14.3 Å². The highest BCUT2D eigenvalue weighted by atomic mass is 16.5. The summed E-state index contributed by atoms with van der Waals surface area (Å²) in [5.41, 5.74) is 2.11. The number of nitrogens with zero attached hydrogens (tertiary/aromatic N) is 1. The maximum atomic E-state index is 12.7. The Morgan fingerprint density at radius 2 is 1.75 bits per heavy atom. The van der Waals surface area contributed by atoms with Crippen LogP contribution in [0.15, 0.2) is 48.5 Å². The van der Waals surface area contributed by atoms with Crippen LogP contribution in [0.1, 0.15) is 50.0 Å². The van der Waals surface area contributed by atoms with E-state index in [1.807, 2.05) is 0 Å². The number of fused-ring (bicyclic) bond motifs is 1. The number of carbonyl (C=O) groups excluding carboxylic acids is 4. The van der Waals surface area contributed by atoms with Gasteiger partial charge in [-0.05, 0) is 55.3 Å². The number of amides is 3. The second kappa shape index (κ2) is 10.5. The molecule has 0 aromatic heterocycles. The van der Waals surface area contributed by atoms with Crippen LogP contribution < -0.4 is 5.32 Å². The first-order valence-corrected chi connectivity index (χ1v) is 10.2. The van der Waals surface area contributed by atoms with Crippen molar-refractivity contribution in [1.29, 1.82) is 0 Å². The topological polar surface area (TPSA) is 102 Å². The number of hydrogen-bond acceptors (Lipinski definition) is 6. The van der Waals surface area contributed by atoms with Gasteiger partial charge in [-0.3, -0.25) is 19.3 Å². The Morgan fingerprint density at radius 1 is 1.03 bits per heavy atom. The van der Waals surface area contributed by atoms with E-state index in [2.05, 4.69) is 5.32 Å². The third-order valence-electron chi connectivity index (χ3n) is 4.83. The number of nitrogens with one attached hydrogen (secondary N) is 1. The first-order chi connectivity index (χ1) is 15.4. The minimum Gasteiger partial charge on any atom is -0.463 e. The molecule has 3 rings (SSSR count). The largest absolute Gasteiger partial charge is 0.463 e. The van der Waals surface area contributed by atoms with Gasteiger partial charge in [-0.15, -0.1) is 0 Å². The molecule has 0 spiro atoms. The molecule has 1 aliphatic rings. The van der Waals surface area contributed by atoms with Crippen LogP contribution in [0.5, 0.6) is 0 Å². The van der Waals surface area contributed by atoms with E-state index in [1.165, 1.54) is 29.2 Å². The molecular weight excluding hydrogens is 412 g/mol. The van der Waals surface area contributed by atoms with E-state index in [0.29, 0.717) is 30.9 Å². The first kappa shape index (κ1) is 22.9. The molecule has 1 N–H and O–H groups in total. The third kappa shape index (κ3) is 5.28. The summed E-state index contributed by atoms with van der Waals surface area (Å²) in [5, 5.41) is 2.76. The summed E-state index contributed by atoms with van der Waals surface area (Å²) >= 11 is 0. The quantitative estimate of drug-likeness (QED) is 0.280. The van der Waals surface area contributed by atoms with Crippen LogP contribution in [0.25, 0.3) is 6.08 Å². The Balaban J connectivity index is 1.67. The zero-order chi connectivity index (χ0) is 23.1. The molecule has 0 fully saturated rings. The van der Waals surface area contributed by atoms with E-state index in [4.69, 9.17) is 9.47 Å². The number of anilines is 1. The first-order valence-electron chi connectivity index (χ1n) is 10.2. The van der Waals surface area contributed by atoms with Crippen molar-refractivity contribution in [1.82, 2.24) is 4.90 Å². The van der Waals surface area contributed by atoms with Crippen molar-refractivity contribution in [3.63, 3.8) is 0 Å². The van der Waals surface area contributed by atoms with Crippen molar-refractivity contribution in [3.05, 3.63) is 70.8 Å². The number of carbonyl (C=O) groups is 4. The molecule has 1 aliphatic heterocycles. The summed E-state index contributed by atoms with van der Waals surface area (Å²) in [6.45, 7) is 2.75. The zero-order valence-electron chi connectivity index (χ0n) is 17.9. The molecule has 166 valence electrons. The van der Waals surface area contributed by atoms with Crippen molar-refractivity contribution in [2.75, 3.05) is 32.2 Å². The summed E-state index contributed by atoms with van der Waals surface area (Å²) in [6, 6.07) is 11.4. The van der Waals surface area contributed by atoms with Gasteiger partial charge in [-0.1, -0.05) is 12.1 Å². The number of benzene rings is 2. The minimum atomic E-state index is -0.424. The highest BCUT2D eigenvalue weighted by Crippen LogP contribution is 2.25. The average molecular weight is 436 g/mol. The molecule has 8 nitrogen and oxygen atoms in total. The second-order valence-corrected chi connectivity index (χ2v) is 7.03. The molecule has 0 radical (unpaired) electrons. The van der Waals surface area contributed by atoms with E-state index < -0.39 is 17.8 Å². The van der Waals surface area contributed by atoms with Crippen molar-refractivity contribution < 1.29 is 28.7 Å². The van der Waals surface area contributed by atoms with Gasteiger partial charge in [0.1, 0.15) is 0 Å². The molecule has 2 aromatic rings. The molecule has 0 saturated heterocycles. The smallest absolute Gasteiger partial charge is 0.330 e. The SMILES string of the molecule is CCOC(=O)/C=C/c1ccc(NC(=O)c2ccc3c(c2)C(=O)N(CCCOC)C3=O)cc1. The van der Waals surface area contributed by atoms with Gasteiger partial charge in [-0.2, -0.15) is 0 Å². The lowest BCUT2D eigenvalue weighted by Crippen LogP contribution is -2.31. The van der Waals surface area contributed by atoms with Crippen molar-refractivity contribution in [2.45, 2.75) is 13.3 Å². The van der Waals surface area contributed by atoms with Gasteiger partial charge >= 0.3 is 5.97 Å². The molecule has 0 atom stereocenters. The number of esters is 1. The van der Waals surface area contributed by atoms with Gasteiger partial charge in [-0.25, -0.2) is 4.79 Å². The maximum absolute atomic E-state index is 12.7. The molecule has 0 aliphatic carbocycles. The molecule has 32 heavy (non-hydrogen) atoms. The Kier molecular flexibility index (Phi) is 7.51. The lowest BCUT2D eigenvalue weighted by atomic mass is 10.1. The van der Waals surface area contributed by atoms with E-state index in [-0.39, 0.29) is 23.6 Å².